The minimum absolute atomic E-state index is 0.00921. The first-order chi connectivity index (χ1) is 9.27. The van der Waals surface area contributed by atoms with Crippen LogP contribution < -0.4 is 0 Å². The molecule has 1 atom stereocenters. The second-order valence-corrected chi connectivity index (χ2v) is 5.12. The summed E-state index contributed by atoms with van der Waals surface area (Å²) in [6.07, 6.45) is 3.28. The minimum atomic E-state index is -0.00921. The highest BCUT2D eigenvalue weighted by Crippen LogP contribution is 2.30. The van der Waals surface area contributed by atoms with E-state index in [4.69, 9.17) is 4.74 Å². The molecule has 0 radical (unpaired) electrons. The van der Waals surface area contributed by atoms with Crippen LogP contribution in [0, 0.1) is 0 Å². The van der Waals surface area contributed by atoms with E-state index in [-0.39, 0.29) is 11.8 Å². The van der Waals surface area contributed by atoms with Gasteiger partial charge in [0.1, 0.15) is 0 Å². The molecule has 0 heterocycles. The molecule has 0 aromatic heterocycles. The Balaban J connectivity index is 2.10. The zero-order chi connectivity index (χ0) is 13.7. The number of carbonyl (C=O) groups excluding carboxylic acids is 1. The van der Waals surface area contributed by atoms with Crippen LogP contribution in [-0.4, -0.2) is 43.0 Å². The van der Waals surface area contributed by atoms with Crippen LogP contribution in [0.2, 0.25) is 0 Å². The second kappa shape index (κ2) is 6.83. The molecule has 0 N–H and O–H groups in total. The van der Waals surface area contributed by atoms with Gasteiger partial charge in [0.15, 0.2) is 5.78 Å². The van der Waals surface area contributed by atoms with Crippen molar-refractivity contribution < 1.29 is 9.53 Å². The Labute approximate surface area is 115 Å². The van der Waals surface area contributed by atoms with Crippen molar-refractivity contribution in [2.75, 3.05) is 20.3 Å². The zero-order valence-electron chi connectivity index (χ0n) is 11.8. The maximum Gasteiger partial charge on any atom is 0.179 e. The van der Waals surface area contributed by atoms with E-state index >= 15 is 0 Å². The molecular formula is C16H23NO2. The van der Waals surface area contributed by atoms with Gasteiger partial charge in [-0.05, 0) is 19.3 Å². The van der Waals surface area contributed by atoms with Crippen LogP contribution in [0.3, 0.4) is 0 Å². The largest absolute Gasteiger partial charge is 0.383 e. The highest BCUT2D eigenvalue weighted by atomic mass is 16.5. The van der Waals surface area contributed by atoms with Gasteiger partial charge in [-0.1, -0.05) is 37.3 Å². The van der Waals surface area contributed by atoms with Gasteiger partial charge in [-0.15, -0.1) is 0 Å². The number of hydrogen-bond donors (Lipinski definition) is 0. The lowest BCUT2D eigenvalue weighted by Gasteiger charge is -2.30. The van der Waals surface area contributed by atoms with Gasteiger partial charge in [-0.2, -0.15) is 0 Å². The molecule has 0 aliphatic heterocycles. The normalized spacial score (nSPS) is 16.6. The minimum Gasteiger partial charge on any atom is -0.383 e. The SMILES string of the molecule is CCC(C(=O)c1ccccc1)N(CCOC)C1CC1. The molecule has 3 nitrogen and oxygen atoms in total. The molecule has 19 heavy (non-hydrogen) atoms. The first-order valence-electron chi connectivity index (χ1n) is 7.11. The summed E-state index contributed by atoms with van der Waals surface area (Å²) in [5, 5.41) is 0. The molecule has 1 fully saturated rings. The third-order valence-electron chi connectivity index (χ3n) is 3.72. The van der Waals surface area contributed by atoms with Crippen molar-refractivity contribution in [3.05, 3.63) is 35.9 Å². The van der Waals surface area contributed by atoms with Crippen molar-refractivity contribution in [1.29, 1.82) is 0 Å². The highest BCUT2D eigenvalue weighted by Gasteiger charge is 2.36. The lowest BCUT2D eigenvalue weighted by atomic mass is 10.0. The molecule has 1 saturated carbocycles. The molecule has 0 spiro atoms. The van der Waals surface area contributed by atoms with Crippen LogP contribution in [0.1, 0.15) is 36.5 Å². The van der Waals surface area contributed by atoms with Gasteiger partial charge in [0.05, 0.1) is 12.6 Å². The molecular weight excluding hydrogens is 238 g/mol. The summed E-state index contributed by atoms with van der Waals surface area (Å²) in [5.41, 5.74) is 0.817. The third-order valence-corrected chi connectivity index (χ3v) is 3.72. The molecule has 0 bridgehead atoms. The summed E-state index contributed by atoms with van der Waals surface area (Å²) in [4.78, 5) is 15.0. The van der Waals surface area contributed by atoms with Crippen LogP contribution in [-0.2, 0) is 4.74 Å². The Bertz CT molecular complexity index is 400. The van der Waals surface area contributed by atoms with E-state index in [0.717, 1.165) is 18.5 Å². The molecule has 104 valence electrons. The van der Waals surface area contributed by atoms with Crippen molar-refractivity contribution in [1.82, 2.24) is 4.90 Å². The van der Waals surface area contributed by atoms with Gasteiger partial charge in [-0.25, -0.2) is 0 Å². The molecule has 0 saturated heterocycles. The summed E-state index contributed by atoms with van der Waals surface area (Å²) in [6.45, 7) is 3.63. The Kier molecular flexibility index (Phi) is 5.11. The topological polar surface area (TPSA) is 29.5 Å². The van der Waals surface area contributed by atoms with Crippen molar-refractivity contribution in [2.45, 2.75) is 38.3 Å². The Morgan fingerprint density at radius 1 is 1.37 bits per heavy atom. The van der Waals surface area contributed by atoms with Crippen LogP contribution >= 0.6 is 0 Å². The van der Waals surface area contributed by atoms with Crippen molar-refractivity contribution in [2.24, 2.45) is 0 Å². The van der Waals surface area contributed by atoms with Crippen molar-refractivity contribution >= 4 is 5.78 Å². The fourth-order valence-corrected chi connectivity index (χ4v) is 2.56. The fourth-order valence-electron chi connectivity index (χ4n) is 2.56. The van der Waals surface area contributed by atoms with Gasteiger partial charge >= 0.3 is 0 Å². The average molecular weight is 261 g/mol. The summed E-state index contributed by atoms with van der Waals surface area (Å²) in [6, 6.07) is 10.2. The maximum absolute atomic E-state index is 12.6. The van der Waals surface area contributed by atoms with E-state index in [2.05, 4.69) is 11.8 Å². The molecule has 1 unspecified atom stereocenters. The number of carbonyl (C=O) groups is 1. The number of methoxy groups -OCH3 is 1. The van der Waals surface area contributed by atoms with Gasteiger partial charge in [0, 0.05) is 25.3 Å². The van der Waals surface area contributed by atoms with Crippen LogP contribution in [0.5, 0.6) is 0 Å². The number of ketones is 1. The average Bonchev–Trinajstić information content (AvgIpc) is 3.28. The van der Waals surface area contributed by atoms with Crippen molar-refractivity contribution in [3.8, 4) is 0 Å². The monoisotopic (exact) mass is 261 g/mol. The predicted molar refractivity (Wildman–Crippen MR) is 76.5 cm³/mol. The number of hydrogen-bond acceptors (Lipinski definition) is 3. The fraction of sp³-hybridized carbons (Fsp3) is 0.562. The molecule has 1 aromatic carbocycles. The number of benzene rings is 1. The summed E-state index contributed by atoms with van der Waals surface area (Å²) < 4.78 is 5.18. The Morgan fingerprint density at radius 2 is 2.05 bits per heavy atom. The molecule has 2 rings (SSSR count). The van der Waals surface area contributed by atoms with Gasteiger partial charge in [0.25, 0.3) is 0 Å². The number of nitrogens with zero attached hydrogens (tertiary/aromatic N) is 1. The second-order valence-electron chi connectivity index (χ2n) is 5.12. The van der Waals surface area contributed by atoms with Crippen LogP contribution in [0.25, 0.3) is 0 Å². The maximum atomic E-state index is 12.6. The van der Waals surface area contributed by atoms with Crippen LogP contribution in [0.15, 0.2) is 30.3 Å². The van der Waals surface area contributed by atoms with E-state index < -0.39 is 0 Å². The molecule has 1 aromatic rings. The van der Waals surface area contributed by atoms with Crippen LogP contribution in [0.4, 0.5) is 0 Å². The van der Waals surface area contributed by atoms with Gasteiger partial charge in [0.2, 0.25) is 0 Å². The van der Waals surface area contributed by atoms with Gasteiger partial charge < -0.3 is 4.74 Å². The molecule has 1 aliphatic carbocycles. The number of Topliss-reactive ketones (excluding diaryl/α,β-unsaturated/α-hetero) is 1. The van der Waals surface area contributed by atoms with Crippen molar-refractivity contribution in [3.63, 3.8) is 0 Å². The molecule has 1 aliphatic rings. The first kappa shape index (κ1) is 14.2. The lowest BCUT2D eigenvalue weighted by molar-refractivity contribution is 0.0721. The third kappa shape index (κ3) is 3.64. The van der Waals surface area contributed by atoms with E-state index in [9.17, 15) is 4.79 Å². The summed E-state index contributed by atoms with van der Waals surface area (Å²) in [5.74, 6) is 0.242. The van der Waals surface area contributed by atoms with E-state index in [1.165, 1.54) is 12.8 Å². The smallest absolute Gasteiger partial charge is 0.179 e. The summed E-state index contributed by atoms with van der Waals surface area (Å²) >= 11 is 0. The molecule has 3 heteroatoms. The zero-order valence-corrected chi connectivity index (χ0v) is 11.8. The standard InChI is InChI=1S/C16H23NO2/c1-3-15(16(18)13-7-5-4-6-8-13)17(11-12-19-2)14-9-10-14/h4-8,14-15H,3,9-12H2,1-2H3. The van der Waals surface area contributed by atoms with E-state index in [1.54, 1.807) is 7.11 Å². The Hall–Kier alpha value is -1.19. The highest BCUT2D eigenvalue weighted by molar-refractivity contribution is 6.00. The lowest BCUT2D eigenvalue weighted by Crippen LogP contribution is -2.44. The summed E-state index contributed by atoms with van der Waals surface area (Å²) in [7, 11) is 1.71. The first-order valence-corrected chi connectivity index (χ1v) is 7.11. The van der Waals surface area contributed by atoms with E-state index in [0.29, 0.717) is 12.6 Å². The Morgan fingerprint density at radius 3 is 2.58 bits per heavy atom. The van der Waals surface area contributed by atoms with Gasteiger partial charge in [-0.3, -0.25) is 9.69 Å². The molecule has 0 amide bonds. The predicted octanol–water partition coefficient (Wildman–Crippen LogP) is 2.76. The number of ether oxygens (including phenoxy) is 1. The van der Waals surface area contributed by atoms with E-state index in [1.807, 2.05) is 30.3 Å². The number of rotatable bonds is 8. The quantitative estimate of drug-likeness (QED) is 0.674.